The van der Waals surface area contributed by atoms with Crippen LogP contribution in [0.25, 0.3) is 0 Å². The summed E-state index contributed by atoms with van der Waals surface area (Å²) in [5.41, 5.74) is -2.30. The first-order valence-corrected chi connectivity index (χ1v) is 13.3. The van der Waals surface area contributed by atoms with Crippen molar-refractivity contribution in [1.82, 2.24) is 0 Å². The van der Waals surface area contributed by atoms with Crippen LogP contribution >= 0.6 is 0 Å². The van der Waals surface area contributed by atoms with E-state index >= 15 is 17.6 Å². The number of alkyl halides is 6. The maximum Gasteiger partial charge on any atom is 0.416 e. The van der Waals surface area contributed by atoms with Gasteiger partial charge in [-0.25, -0.2) is 17.6 Å². The van der Waals surface area contributed by atoms with Crippen LogP contribution in [0, 0.1) is 37.1 Å². The Labute approximate surface area is 217 Å². The van der Waals surface area contributed by atoms with Crippen LogP contribution in [0.4, 0.5) is 43.9 Å². The quantitative estimate of drug-likeness (QED) is 0.154. The van der Waals surface area contributed by atoms with Crippen molar-refractivity contribution in [2.45, 2.75) is 26.2 Å². The lowest BCUT2D eigenvalue weighted by Gasteiger charge is -2.36. The molecule has 204 valence electrons. The molecule has 0 aliphatic carbocycles. The Balaban J connectivity index is 2.37. The summed E-state index contributed by atoms with van der Waals surface area (Å²) in [5, 5.41) is -3.12. The Morgan fingerprint density at radius 1 is 0.436 bits per heavy atom. The van der Waals surface area contributed by atoms with Gasteiger partial charge in [-0.2, -0.15) is 26.3 Å². The zero-order chi connectivity index (χ0) is 28.9. The van der Waals surface area contributed by atoms with E-state index in [9.17, 15) is 26.3 Å². The minimum atomic E-state index is -5.26. The van der Waals surface area contributed by atoms with Crippen molar-refractivity contribution in [3.63, 3.8) is 0 Å². The van der Waals surface area contributed by atoms with Gasteiger partial charge >= 0.3 is 12.4 Å². The number of aryl methyl sites for hydroxylation is 2. The van der Waals surface area contributed by atoms with Crippen molar-refractivity contribution in [3.8, 4) is 0 Å². The second-order valence-corrected chi connectivity index (χ2v) is 12.8. The smallest absolute Gasteiger partial charge is 0.207 e. The SMILES string of the molecule is Cc1ccc(F)c([Si](c2cc(C)ccc2F)(c2cc(C(F)(F)F)ccc2F)c2cc(C(F)(F)F)ccc2F)c1. The molecule has 0 aliphatic rings. The van der Waals surface area contributed by atoms with Gasteiger partial charge in [0.2, 0.25) is 0 Å². The Kier molecular flexibility index (Phi) is 7.18. The normalized spacial score (nSPS) is 12.6. The molecule has 0 unspecified atom stereocenters. The van der Waals surface area contributed by atoms with Gasteiger partial charge in [-0.3, -0.25) is 0 Å². The van der Waals surface area contributed by atoms with Gasteiger partial charge in [-0.05, 0) is 83.1 Å². The van der Waals surface area contributed by atoms with Crippen molar-refractivity contribution < 1.29 is 43.9 Å². The molecule has 0 spiro atoms. The van der Waals surface area contributed by atoms with Crippen LogP contribution in [0.15, 0.2) is 72.8 Å². The van der Waals surface area contributed by atoms with E-state index in [1.165, 1.54) is 26.0 Å². The lowest BCUT2D eigenvalue weighted by atomic mass is 10.2. The lowest BCUT2D eigenvalue weighted by molar-refractivity contribution is -0.138. The van der Waals surface area contributed by atoms with E-state index in [1.807, 2.05) is 0 Å². The Morgan fingerprint density at radius 3 is 1.03 bits per heavy atom. The highest BCUT2D eigenvalue weighted by atomic mass is 28.3. The van der Waals surface area contributed by atoms with Crippen molar-refractivity contribution in [2.75, 3.05) is 0 Å². The summed E-state index contributed by atoms with van der Waals surface area (Å²) >= 11 is 0. The van der Waals surface area contributed by atoms with E-state index in [-0.39, 0.29) is 11.1 Å². The molecule has 0 atom stereocenters. The predicted molar refractivity (Wildman–Crippen MR) is 129 cm³/mol. The van der Waals surface area contributed by atoms with Gasteiger partial charge in [0.25, 0.3) is 0 Å². The molecule has 0 aliphatic heterocycles. The third-order valence-corrected chi connectivity index (χ3v) is 11.2. The van der Waals surface area contributed by atoms with E-state index < -0.39 is 75.6 Å². The van der Waals surface area contributed by atoms with Crippen molar-refractivity contribution >= 4 is 28.8 Å². The molecule has 0 aromatic heterocycles. The highest BCUT2D eigenvalue weighted by Crippen LogP contribution is 2.32. The molecule has 4 rings (SSSR count). The fraction of sp³-hybridized carbons (Fsp3) is 0.143. The largest absolute Gasteiger partial charge is 0.416 e. The molecule has 0 nitrogen and oxygen atoms in total. The summed E-state index contributed by atoms with van der Waals surface area (Å²) in [6.45, 7) is 2.89. The number of hydrogen-bond donors (Lipinski definition) is 0. The van der Waals surface area contributed by atoms with Gasteiger partial charge in [0.15, 0.2) is 8.07 Å². The van der Waals surface area contributed by atoms with Gasteiger partial charge in [0.05, 0.1) is 11.1 Å². The van der Waals surface area contributed by atoms with Crippen LogP contribution in [0.1, 0.15) is 22.3 Å². The van der Waals surface area contributed by atoms with E-state index in [2.05, 4.69) is 0 Å². The monoisotopic (exact) mass is 572 g/mol. The summed E-state index contributed by atoms with van der Waals surface area (Å²) in [5.74, 6) is -5.15. The van der Waals surface area contributed by atoms with Gasteiger partial charge in [0, 0.05) is 0 Å². The van der Waals surface area contributed by atoms with Gasteiger partial charge in [0.1, 0.15) is 23.3 Å². The van der Waals surface area contributed by atoms with Crippen LogP contribution in [0.2, 0.25) is 0 Å². The Bertz CT molecular complexity index is 1440. The highest BCUT2D eigenvalue weighted by Gasteiger charge is 2.50. The van der Waals surface area contributed by atoms with E-state index in [4.69, 9.17) is 0 Å². The maximum absolute atomic E-state index is 15.7. The number of halogens is 10. The van der Waals surface area contributed by atoms with Crippen LogP contribution in [-0.2, 0) is 12.4 Å². The van der Waals surface area contributed by atoms with Crippen molar-refractivity contribution in [2.24, 2.45) is 0 Å². The van der Waals surface area contributed by atoms with Crippen LogP contribution < -0.4 is 20.7 Å². The fourth-order valence-electron chi connectivity index (χ4n) is 4.70. The zero-order valence-electron chi connectivity index (χ0n) is 20.2. The summed E-state index contributed by atoms with van der Waals surface area (Å²) < 4.78 is 146. The number of rotatable bonds is 4. The summed E-state index contributed by atoms with van der Waals surface area (Å²) in [6, 6.07) is 8.60. The molecule has 0 saturated carbocycles. The average Bonchev–Trinajstić information content (AvgIpc) is 2.84. The van der Waals surface area contributed by atoms with E-state index in [0.29, 0.717) is 36.4 Å². The van der Waals surface area contributed by atoms with Crippen LogP contribution in [-0.4, -0.2) is 8.07 Å². The molecular formula is C28H18F10Si. The van der Waals surface area contributed by atoms with Gasteiger partial charge in [-0.1, -0.05) is 35.4 Å². The third kappa shape index (κ3) is 5.07. The first kappa shape index (κ1) is 28.4. The van der Waals surface area contributed by atoms with Crippen molar-refractivity contribution in [3.05, 3.63) is 118 Å². The van der Waals surface area contributed by atoms with Crippen molar-refractivity contribution in [1.29, 1.82) is 0 Å². The molecule has 0 amide bonds. The standard InChI is InChI=1S/C28H18F10Si/c1-15-3-7-19(29)23(11-15)39(24-12-16(2)4-8-20(24)30,25-13-17(27(33,34)35)5-9-21(25)31)26-14-18(28(36,37)38)6-10-22(26)32/h3-14H,1-2H3. The third-order valence-electron chi connectivity index (χ3n) is 6.45. The fourth-order valence-corrected chi connectivity index (χ4v) is 9.84. The van der Waals surface area contributed by atoms with E-state index in [1.54, 1.807) is 0 Å². The first-order valence-electron chi connectivity index (χ1n) is 11.3. The molecule has 4 aromatic carbocycles. The molecule has 0 N–H and O–H groups in total. The topological polar surface area (TPSA) is 0 Å². The molecule has 11 heteroatoms. The minimum Gasteiger partial charge on any atom is -0.207 e. The molecule has 4 aromatic rings. The summed E-state index contributed by atoms with van der Waals surface area (Å²) in [6.07, 6.45) is -10.1. The molecule has 0 saturated heterocycles. The van der Waals surface area contributed by atoms with Gasteiger partial charge in [-0.15, -0.1) is 0 Å². The number of hydrogen-bond acceptors (Lipinski definition) is 0. The molecule has 39 heavy (non-hydrogen) atoms. The number of benzene rings is 4. The Hall–Kier alpha value is -3.60. The van der Waals surface area contributed by atoms with E-state index in [0.717, 1.165) is 24.3 Å². The highest BCUT2D eigenvalue weighted by molar-refractivity contribution is 7.20. The second-order valence-electron chi connectivity index (χ2n) is 9.10. The molecule has 0 bridgehead atoms. The molecule has 0 heterocycles. The van der Waals surface area contributed by atoms with Crippen LogP contribution in [0.5, 0.6) is 0 Å². The lowest BCUT2D eigenvalue weighted by Crippen LogP contribution is -2.77. The first-order chi connectivity index (χ1) is 18.1. The molecule has 0 radical (unpaired) electrons. The molecular weight excluding hydrogens is 554 g/mol. The summed E-state index contributed by atoms with van der Waals surface area (Å²) in [7, 11) is -5.26. The van der Waals surface area contributed by atoms with Gasteiger partial charge < -0.3 is 0 Å². The maximum atomic E-state index is 15.7. The Morgan fingerprint density at radius 2 is 0.718 bits per heavy atom. The molecule has 0 fully saturated rings. The zero-order valence-corrected chi connectivity index (χ0v) is 21.2. The van der Waals surface area contributed by atoms with Crippen LogP contribution in [0.3, 0.4) is 0 Å². The average molecular weight is 573 g/mol. The summed E-state index contributed by atoms with van der Waals surface area (Å²) in [4.78, 5) is 0. The second kappa shape index (κ2) is 9.85. The minimum absolute atomic E-state index is 0.274. The predicted octanol–water partition coefficient (Wildman–Crippen LogP) is 6.27.